The fourth-order valence-corrected chi connectivity index (χ4v) is 6.58. The second kappa shape index (κ2) is 15.4. The minimum Gasteiger partial charge on any atom is -0.352 e. The molecule has 0 bridgehead atoms. The number of anilines is 1. The first-order valence-corrected chi connectivity index (χ1v) is 16.9. The largest absolute Gasteiger partial charge is 0.352 e. The van der Waals surface area contributed by atoms with Gasteiger partial charge in [-0.1, -0.05) is 90.8 Å². The molecule has 4 aromatic carbocycles. The number of nitrogens with zero attached hydrogens (tertiary/aromatic N) is 2. The topological polar surface area (TPSA) is 86.8 Å². The molecule has 10 heteroatoms. The van der Waals surface area contributed by atoms with Gasteiger partial charge in [-0.2, -0.15) is 0 Å². The summed E-state index contributed by atoms with van der Waals surface area (Å²) >= 11 is 12.3. The number of carbonyl (C=O) groups excluding carboxylic acids is 2. The van der Waals surface area contributed by atoms with Gasteiger partial charge in [-0.3, -0.25) is 13.9 Å². The van der Waals surface area contributed by atoms with Crippen molar-refractivity contribution in [1.82, 2.24) is 10.2 Å². The molecule has 2 atom stereocenters. The highest BCUT2D eigenvalue weighted by molar-refractivity contribution is 7.92. The van der Waals surface area contributed by atoms with Gasteiger partial charge in [0.05, 0.1) is 10.6 Å². The standard InChI is InChI=1S/C35H37Cl2N3O4S/c1-4-26(3)38-35(42)33(21-27-12-6-5-7-13-27)39(23-28-14-9-8-11-25(28)2)34(41)24-40(31-16-10-15-30(37)22-31)45(43,44)32-19-17-29(36)18-20-32/h5-20,22,26,33H,4,21,23-24H2,1-3H3,(H,38,42)/t26-,33-/m1/s1. The molecular weight excluding hydrogens is 629 g/mol. The van der Waals surface area contributed by atoms with Crippen LogP contribution in [-0.2, 0) is 32.6 Å². The summed E-state index contributed by atoms with van der Waals surface area (Å²) in [7, 11) is -4.26. The molecule has 0 radical (unpaired) electrons. The lowest BCUT2D eigenvalue weighted by Crippen LogP contribution is -2.54. The summed E-state index contributed by atoms with van der Waals surface area (Å²) in [5.74, 6) is -0.860. The summed E-state index contributed by atoms with van der Waals surface area (Å²) in [6, 6.07) is 28.1. The number of carbonyl (C=O) groups is 2. The second-order valence-corrected chi connectivity index (χ2v) is 13.7. The molecule has 7 nitrogen and oxygen atoms in total. The molecule has 0 saturated heterocycles. The normalized spacial score (nSPS) is 12.6. The first-order chi connectivity index (χ1) is 21.5. The van der Waals surface area contributed by atoms with Crippen LogP contribution < -0.4 is 9.62 Å². The van der Waals surface area contributed by atoms with Crippen molar-refractivity contribution < 1.29 is 18.0 Å². The minimum atomic E-state index is -4.26. The second-order valence-electron chi connectivity index (χ2n) is 10.9. The van der Waals surface area contributed by atoms with Crippen LogP contribution in [0, 0.1) is 6.92 Å². The fraction of sp³-hybridized carbons (Fsp3) is 0.257. The van der Waals surface area contributed by atoms with Crippen molar-refractivity contribution in [3.63, 3.8) is 0 Å². The van der Waals surface area contributed by atoms with Crippen molar-refractivity contribution >= 4 is 50.7 Å². The van der Waals surface area contributed by atoms with Crippen molar-refractivity contribution in [1.29, 1.82) is 0 Å². The van der Waals surface area contributed by atoms with Crippen LogP contribution in [0.5, 0.6) is 0 Å². The molecule has 0 aliphatic heterocycles. The van der Waals surface area contributed by atoms with E-state index < -0.39 is 28.5 Å². The summed E-state index contributed by atoms with van der Waals surface area (Å²) in [5.41, 5.74) is 2.86. The Morgan fingerprint density at radius 1 is 0.844 bits per heavy atom. The average molecular weight is 667 g/mol. The number of amides is 2. The highest BCUT2D eigenvalue weighted by Gasteiger charge is 2.35. The Hall–Kier alpha value is -3.85. The molecule has 0 unspecified atom stereocenters. The first kappa shape index (κ1) is 34.0. The van der Waals surface area contributed by atoms with Gasteiger partial charge in [-0.05, 0) is 79.4 Å². The zero-order valence-electron chi connectivity index (χ0n) is 25.5. The zero-order chi connectivity index (χ0) is 32.6. The number of nitrogens with one attached hydrogen (secondary N) is 1. The molecular formula is C35H37Cl2N3O4S. The Kier molecular flexibility index (Phi) is 11.7. The van der Waals surface area contributed by atoms with Crippen molar-refractivity contribution in [2.75, 3.05) is 10.8 Å². The van der Waals surface area contributed by atoms with E-state index >= 15 is 0 Å². The molecule has 1 N–H and O–H groups in total. The van der Waals surface area contributed by atoms with E-state index in [1.165, 1.54) is 35.2 Å². The molecule has 0 saturated carbocycles. The van der Waals surface area contributed by atoms with Crippen molar-refractivity contribution in [3.8, 4) is 0 Å². The van der Waals surface area contributed by atoms with Crippen LogP contribution >= 0.6 is 23.2 Å². The van der Waals surface area contributed by atoms with Gasteiger partial charge >= 0.3 is 0 Å². The summed E-state index contributed by atoms with van der Waals surface area (Å²) in [6.45, 7) is 5.34. The first-order valence-electron chi connectivity index (χ1n) is 14.7. The third-order valence-electron chi connectivity index (χ3n) is 7.65. The van der Waals surface area contributed by atoms with Gasteiger partial charge in [-0.25, -0.2) is 8.42 Å². The van der Waals surface area contributed by atoms with Gasteiger partial charge < -0.3 is 10.2 Å². The molecule has 4 rings (SSSR count). The lowest BCUT2D eigenvalue weighted by molar-refractivity contribution is -0.140. The molecule has 0 fully saturated rings. The fourth-order valence-electron chi connectivity index (χ4n) is 4.86. The van der Waals surface area contributed by atoms with Crippen molar-refractivity contribution in [2.24, 2.45) is 0 Å². The number of hydrogen-bond donors (Lipinski definition) is 1. The maximum atomic E-state index is 14.5. The molecule has 0 aliphatic rings. The monoisotopic (exact) mass is 665 g/mol. The van der Waals surface area contributed by atoms with Gasteiger partial charge in [0, 0.05) is 29.1 Å². The summed E-state index contributed by atoms with van der Waals surface area (Å²) in [5, 5.41) is 3.73. The number of hydrogen-bond acceptors (Lipinski definition) is 4. The van der Waals surface area contributed by atoms with Crippen molar-refractivity contribution in [3.05, 3.63) is 130 Å². The summed E-state index contributed by atoms with van der Waals surface area (Å²) in [4.78, 5) is 29.9. The molecule has 45 heavy (non-hydrogen) atoms. The molecule has 4 aromatic rings. The van der Waals surface area contributed by atoms with Crippen LogP contribution in [0.25, 0.3) is 0 Å². The number of sulfonamides is 1. The Labute approximate surface area is 275 Å². The van der Waals surface area contributed by atoms with Crippen LogP contribution in [0.3, 0.4) is 0 Å². The predicted octanol–water partition coefficient (Wildman–Crippen LogP) is 7.05. The maximum Gasteiger partial charge on any atom is 0.264 e. The van der Waals surface area contributed by atoms with E-state index in [1.54, 1.807) is 18.2 Å². The Morgan fingerprint density at radius 3 is 2.16 bits per heavy atom. The molecule has 0 aromatic heterocycles. The Balaban J connectivity index is 1.82. The number of halogens is 2. The minimum absolute atomic E-state index is 0.0412. The maximum absolute atomic E-state index is 14.5. The number of rotatable bonds is 13. The quantitative estimate of drug-likeness (QED) is 0.166. The molecule has 236 valence electrons. The van der Waals surface area contributed by atoms with E-state index in [-0.39, 0.29) is 35.5 Å². The van der Waals surface area contributed by atoms with Crippen LogP contribution in [0.15, 0.2) is 108 Å². The smallest absolute Gasteiger partial charge is 0.264 e. The van der Waals surface area contributed by atoms with E-state index in [0.717, 1.165) is 21.0 Å². The van der Waals surface area contributed by atoms with Crippen LogP contribution in [0.4, 0.5) is 5.69 Å². The van der Waals surface area contributed by atoms with Crippen molar-refractivity contribution in [2.45, 2.75) is 57.1 Å². The van der Waals surface area contributed by atoms with Gasteiger partial charge in [0.2, 0.25) is 11.8 Å². The number of aryl methyl sites for hydroxylation is 1. The highest BCUT2D eigenvalue weighted by atomic mass is 35.5. The van der Waals surface area contributed by atoms with Crippen LogP contribution in [0.1, 0.15) is 37.0 Å². The third kappa shape index (κ3) is 8.87. The predicted molar refractivity (Wildman–Crippen MR) is 181 cm³/mol. The molecule has 0 spiro atoms. The Morgan fingerprint density at radius 2 is 1.51 bits per heavy atom. The summed E-state index contributed by atoms with van der Waals surface area (Å²) < 4.78 is 29.2. The van der Waals surface area contributed by atoms with E-state index in [0.29, 0.717) is 16.5 Å². The lowest BCUT2D eigenvalue weighted by Gasteiger charge is -2.34. The van der Waals surface area contributed by atoms with Crippen LogP contribution in [0.2, 0.25) is 10.0 Å². The lowest BCUT2D eigenvalue weighted by atomic mass is 10.0. The average Bonchev–Trinajstić information content (AvgIpc) is 3.02. The van der Waals surface area contributed by atoms with Gasteiger partial charge in [0.1, 0.15) is 12.6 Å². The Bertz CT molecular complexity index is 1720. The summed E-state index contributed by atoms with van der Waals surface area (Å²) in [6.07, 6.45) is 0.944. The van der Waals surface area contributed by atoms with E-state index in [2.05, 4.69) is 5.32 Å². The number of benzene rings is 4. The van der Waals surface area contributed by atoms with E-state index in [9.17, 15) is 18.0 Å². The SMILES string of the molecule is CC[C@@H](C)NC(=O)[C@@H](Cc1ccccc1)N(Cc1ccccc1C)C(=O)CN(c1cccc(Cl)c1)S(=O)(=O)c1ccc(Cl)cc1. The van der Waals surface area contributed by atoms with Gasteiger partial charge in [0.15, 0.2) is 0 Å². The zero-order valence-corrected chi connectivity index (χ0v) is 27.8. The van der Waals surface area contributed by atoms with E-state index in [4.69, 9.17) is 23.2 Å². The molecule has 2 amide bonds. The van der Waals surface area contributed by atoms with Crippen LogP contribution in [-0.4, -0.2) is 43.8 Å². The van der Waals surface area contributed by atoms with Gasteiger partial charge in [-0.15, -0.1) is 0 Å². The van der Waals surface area contributed by atoms with Gasteiger partial charge in [0.25, 0.3) is 10.0 Å². The van der Waals surface area contributed by atoms with E-state index in [1.807, 2.05) is 75.4 Å². The third-order valence-corrected chi connectivity index (χ3v) is 9.93. The highest BCUT2D eigenvalue weighted by Crippen LogP contribution is 2.28. The molecule has 0 aliphatic carbocycles. The molecule has 0 heterocycles.